The number of para-hydroxylation sites is 1. The molecule has 152 valence electrons. The van der Waals surface area contributed by atoms with Gasteiger partial charge in [0.05, 0.1) is 34.7 Å². The van der Waals surface area contributed by atoms with Gasteiger partial charge < -0.3 is 4.57 Å². The maximum absolute atomic E-state index is 13.3. The average molecular weight is 401 g/mol. The number of aromatic nitrogens is 5. The van der Waals surface area contributed by atoms with Crippen LogP contribution in [0.2, 0.25) is 0 Å². The van der Waals surface area contributed by atoms with Gasteiger partial charge in [0, 0.05) is 18.8 Å². The molecule has 7 nitrogen and oxygen atoms in total. The lowest BCUT2D eigenvalue weighted by molar-refractivity contribution is 0.556. The summed E-state index contributed by atoms with van der Waals surface area (Å²) in [5.41, 5.74) is 2.32. The molecule has 0 atom stereocenters. The summed E-state index contributed by atoms with van der Waals surface area (Å²) in [4.78, 5) is 34.7. The van der Waals surface area contributed by atoms with Crippen molar-refractivity contribution in [3.63, 3.8) is 0 Å². The molecule has 7 heteroatoms. The first kappa shape index (κ1) is 17.6. The van der Waals surface area contributed by atoms with Gasteiger partial charge in [-0.3, -0.25) is 18.9 Å². The zero-order valence-electron chi connectivity index (χ0n) is 16.7. The van der Waals surface area contributed by atoms with Crippen LogP contribution in [0, 0.1) is 5.92 Å². The number of benzene rings is 1. The summed E-state index contributed by atoms with van der Waals surface area (Å²) in [6.45, 7) is 1.08. The van der Waals surface area contributed by atoms with Crippen molar-refractivity contribution in [2.75, 3.05) is 0 Å². The summed E-state index contributed by atoms with van der Waals surface area (Å²) in [6, 6.07) is 9.80. The summed E-state index contributed by atoms with van der Waals surface area (Å²) in [7, 11) is 0. The van der Waals surface area contributed by atoms with E-state index in [1.165, 1.54) is 12.8 Å². The van der Waals surface area contributed by atoms with Gasteiger partial charge in [0.25, 0.3) is 5.56 Å². The van der Waals surface area contributed by atoms with E-state index < -0.39 is 0 Å². The van der Waals surface area contributed by atoms with Gasteiger partial charge >= 0.3 is 5.69 Å². The quantitative estimate of drug-likeness (QED) is 0.498. The van der Waals surface area contributed by atoms with E-state index in [-0.39, 0.29) is 23.8 Å². The van der Waals surface area contributed by atoms with E-state index >= 15 is 0 Å². The van der Waals surface area contributed by atoms with E-state index in [2.05, 4.69) is 14.5 Å². The molecule has 0 aliphatic heterocycles. The van der Waals surface area contributed by atoms with Crippen LogP contribution in [0.25, 0.3) is 21.9 Å². The van der Waals surface area contributed by atoms with Gasteiger partial charge in [-0.25, -0.2) is 4.79 Å². The number of pyridine rings is 1. The van der Waals surface area contributed by atoms with Crippen LogP contribution in [-0.2, 0) is 13.1 Å². The van der Waals surface area contributed by atoms with Gasteiger partial charge in [-0.15, -0.1) is 0 Å². The Morgan fingerprint density at radius 2 is 1.77 bits per heavy atom. The number of hydrogen-bond acceptors (Lipinski definition) is 4. The number of rotatable bonds is 6. The zero-order chi connectivity index (χ0) is 20.2. The van der Waals surface area contributed by atoms with Gasteiger partial charge in [0.15, 0.2) is 0 Å². The smallest absolute Gasteiger partial charge is 0.327 e. The highest BCUT2D eigenvalue weighted by atomic mass is 16.2. The van der Waals surface area contributed by atoms with Crippen molar-refractivity contribution in [1.29, 1.82) is 0 Å². The summed E-state index contributed by atoms with van der Waals surface area (Å²) in [5.74, 6) is 1.40. The summed E-state index contributed by atoms with van der Waals surface area (Å²) in [6.07, 6.45) is 9.15. The maximum Gasteiger partial charge on any atom is 0.329 e. The van der Waals surface area contributed by atoms with Crippen molar-refractivity contribution in [3.05, 3.63) is 69.4 Å². The Morgan fingerprint density at radius 1 is 0.933 bits per heavy atom. The minimum absolute atomic E-state index is 0.0448. The molecule has 3 heterocycles. The third-order valence-corrected chi connectivity index (χ3v) is 6.40. The predicted octanol–water partition coefficient (Wildman–Crippen LogP) is 3.09. The van der Waals surface area contributed by atoms with Crippen LogP contribution in [0.3, 0.4) is 0 Å². The molecule has 2 saturated carbocycles. The Labute approximate surface area is 172 Å². The zero-order valence-corrected chi connectivity index (χ0v) is 16.7. The molecule has 0 saturated heterocycles. The molecule has 0 bridgehead atoms. The topological polar surface area (TPSA) is 74.7 Å². The maximum atomic E-state index is 13.3. The van der Waals surface area contributed by atoms with Crippen molar-refractivity contribution < 1.29 is 0 Å². The lowest BCUT2D eigenvalue weighted by Crippen LogP contribution is -2.28. The molecular formula is C23H23N5O2. The highest BCUT2D eigenvalue weighted by Crippen LogP contribution is 2.36. The molecule has 0 unspecified atom stereocenters. The normalized spacial score (nSPS) is 16.5. The van der Waals surface area contributed by atoms with Gasteiger partial charge in [-0.1, -0.05) is 25.0 Å². The van der Waals surface area contributed by atoms with Crippen LogP contribution in [0.1, 0.15) is 44.0 Å². The lowest BCUT2D eigenvalue weighted by atomic mass is 10.2. The number of nitrogens with zero attached hydrogens (tertiary/aromatic N) is 5. The first-order valence-electron chi connectivity index (χ1n) is 10.7. The molecule has 6 rings (SSSR count). The molecule has 0 N–H and O–H groups in total. The molecule has 2 fully saturated rings. The highest BCUT2D eigenvalue weighted by Gasteiger charge is 2.29. The van der Waals surface area contributed by atoms with Gasteiger partial charge in [0.1, 0.15) is 5.82 Å². The first-order valence-corrected chi connectivity index (χ1v) is 10.7. The van der Waals surface area contributed by atoms with Crippen LogP contribution in [0.5, 0.6) is 0 Å². The van der Waals surface area contributed by atoms with E-state index in [0.717, 1.165) is 48.3 Å². The second-order valence-electron chi connectivity index (χ2n) is 8.57. The van der Waals surface area contributed by atoms with E-state index in [0.29, 0.717) is 11.2 Å². The van der Waals surface area contributed by atoms with Crippen molar-refractivity contribution in [2.45, 2.75) is 51.2 Å². The van der Waals surface area contributed by atoms with Gasteiger partial charge in [-0.2, -0.15) is 4.98 Å². The van der Waals surface area contributed by atoms with Crippen molar-refractivity contribution in [2.24, 2.45) is 5.92 Å². The first-order chi connectivity index (χ1) is 14.7. The number of fused-ring (bicyclic) bond motifs is 2. The van der Waals surface area contributed by atoms with E-state index in [1.54, 1.807) is 17.0 Å². The Kier molecular flexibility index (Phi) is 3.91. The number of imidazole rings is 1. The molecule has 30 heavy (non-hydrogen) atoms. The largest absolute Gasteiger partial charge is 0.329 e. The SMILES string of the molecule is O=c1nc(Cn2c(=O)n(C3CC3)c3ccncc32)n(CCC2CC2)c2ccccc12. The summed E-state index contributed by atoms with van der Waals surface area (Å²) in [5, 5.41) is 0.631. The van der Waals surface area contributed by atoms with Gasteiger partial charge in [0.2, 0.25) is 0 Å². The molecular weight excluding hydrogens is 378 g/mol. The Balaban J connectivity index is 1.52. The fourth-order valence-electron chi connectivity index (χ4n) is 4.46. The summed E-state index contributed by atoms with van der Waals surface area (Å²) >= 11 is 0. The van der Waals surface area contributed by atoms with Crippen molar-refractivity contribution in [1.82, 2.24) is 23.7 Å². The Morgan fingerprint density at radius 3 is 2.57 bits per heavy atom. The van der Waals surface area contributed by atoms with E-state index in [1.807, 2.05) is 34.9 Å². The molecule has 4 aromatic rings. The third kappa shape index (κ3) is 2.88. The number of aryl methyl sites for hydroxylation is 1. The molecule has 3 aromatic heterocycles. The standard InChI is InChI=1S/C23H23N5O2/c29-22-17-3-1-2-4-18(17)26(12-10-15-5-6-15)21(25-22)14-27-20-13-24-11-9-19(20)28(23(27)30)16-7-8-16/h1-4,9,11,13,15-16H,5-8,10,12,14H2. The van der Waals surface area contributed by atoms with Crippen LogP contribution < -0.4 is 11.2 Å². The molecule has 0 radical (unpaired) electrons. The molecule has 0 spiro atoms. The van der Waals surface area contributed by atoms with Crippen LogP contribution in [0.15, 0.2) is 52.3 Å². The predicted molar refractivity (Wildman–Crippen MR) is 115 cm³/mol. The lowest BCUT2D eigenvalue weighted by Gasteiger charge is -2.16. The van der Waals surface area contributed by atoms with E-state index in [9.17, 15) is 9.59 Å². The van der Waals surface area contributed by atoms with Crippen LogP contribution in [0.4, 0.5) is 0 Å². The van der Waals surface area contributed by atoms with Crippen LogP contribution >= 0.6 is 0 Å². The van der Waals surface area contributed by atoms with Crippen molar-refractivity contribution >= 4 is 21.9 Å². The third-order valence-electron chi connectivity index (χ3n) is 6.40. The average Bonchev–Trinajstić information content (AvgIpc) is 3.68. The van der Waals surface area contributed by atoms with Crippen LogP contribution in [-0.4, -0.2) is 23.7 Å². The molecule has 2 aliphatic rings. The second-order valence-corrected chi connectivity index (χ2v) is 8.57. The minimum atomic E-state index is -0.236. The summed E-state index contributed by atoms with van der Waals surface area (Å²) < 4.78 is 5.74. The highest BCUT2D eigenvalue weighted by molar-refractivity contribution is 5.78. The Hall–Kier alpha value is -3.22. The molecule has 0 amide bonds. The van der Waals surface area contributed by atoms with Crippen molar-refractivity contribution in [3.8, 4) is 0 Å². The van der Waals surface area contributed by atoms with E-state index in [4.69, 9.17) is 0 Å². The monoisotopic (exact) mass is 401 g/mol. The minimum Gasteiger partial charge on any atom is -0.327 e. The Bertz CT molecular complexity index is 1390. The fraction of sp³-hybridized carbons (Fsp3) is 0.391. The second kappa shape index (κ2) is 6.65. The van der Waals surface area contributed by atoms with Gasteiger partial charge in [-0.05, 0) is 43.4 Å². The molecule has 1 aromatic carbocycles. The number of hydrogen-bond donors (Lipinski definition) is 0. The molecule has 2 aliphatic carbocycles. The fourth-order valence-corrected chi connectivity index (χ4v) is 4.46.